The topological polar surface area (TPSA) is 125 Å². The van der Waals surface area contributed by atoms with Crippen molar-refractivity contribution in [3.63, 3.8) is 0 Å². The number of hydrogen-bond donors (Lipinski definition) is 4. The molecule has 0 heterocycles. The monoisotopic (exact) mass is 926 g/mol. The van der Waals surface area contributed by atoms with Crippen LogP contribution in [-0.2, 0) is 18.4 Å². The van der Waals surface area contributed by atoms with E-state index in [0.717, 1.165) is 51.4 Å². The number of unbranched alkanes of at least 4 members (excludes halogenated alkanes) is 30. The molecule has 10 heteroatoms. The van der Waals surface area contributed by atoms with E-state index in [2.05, 4.69) is 48.7 Å². The van der Waals surface area contributed by atoms with Gasteiger partial charge in [0.25, 0.3) is 0 Å². The number of aliphatic hydroxyl groups is 2. The summed E-state index contributed by atoms with van der Waals surface area (Å²) in [5.74, 6) is -0.271. The summed E-state index contributed by atoms with van der Waals surface area (Å²) in [6.07, 6.45) is 54.0. The zero-order valence-corrected chi connectivity index (χ0v) is 43.5. The van der Waals surface area contributed by atoms with Crippen LogP contribution in [0.2, 0.25) is 0 Å². The minimum atomic E-state index is -4.43. The van der Waals surface area contributed by atoms with Gasteiger partial charge in [-0.25, -0.2) is 4.57 Å². The minimum absolute atomic E-state index is 0.0134. The predicted molar refractivity (Wildman–Crippen MR) is 274 cm³/mol. The number of amides is 1. The van der Waals surface area contributed by atoms with E-state index < -0.39 is 32.7 Å². The van der Waals surface area contributed by atoms with Crippen LogP contribution in [0.15, 0.2) is 36.5 Å². The highest BCUT2D eigenvalue weighted by atomic mass is 31.2. The first-order valence-electron chi connectivity index (χ1n) is 26.9. The van der Waals surface area contributed by atoms with Crippen molar-refractivity contribution in [2.75, 3.05) is 40.9 Å². The number of allylic oxidation sites excluding steroid dienone is 6. The largest absolute Gasteiger partial charge is 0.472 e. The molecule has 0 saturated heterocycles. The molecule has 0 aromatic heterocycles. The van der Waals surface area contributed by atoms with E-state index in [9.17, 15) is 24.5 Å². The Labute approximate surface area is 396 Å². The lowest BCUT2D eigenvalue weighted by atomic mass is 10.0. The Bertz CT molecular complexity index is 1160. The van der Waals surface area contributed by atoms with Gasteiger partial charge in [-0.3, -0.25) is 13.8 Å². The zero-order chi connectivity index (χ0) is 47.3. The van der Waals surface area contributed by atoms with E-state index in [-0.39, 0.29) is 18.9 Å². The van der Waals surface area contributed by atoms with Gasteiger partial charge in [0.15, 0.2) is 0 Å². The van der Waals surface area contributed by atoms with Crippen LogP contribution < -0.4 is 5.32 Å². The number of quaternary nitrogens is 1. The summed E-state index contributed by atoms with van der Waals surface area (Å²) >= 11 is 0. The first kappa shape index (κ1) is 62.7. The second-order valence-corrected chi connectivity index (χ2v) is 21.2. The number of hydrogen-bond acceptors (Lipinski definition) is 6. The van der Waals surface area contributed by atoms with Crippen molar-refractivity contribution in [1.29, 1.82) is 0 Å². The molecule has 0 aromatic rings. The van der Waals surface area contributed by atoms with Gasteiger partial charge in [-0.05, 0) is 58.3 Å². The first-order chi connectivity index (χ1) is 30.9. The van der Waals surface area contributed by atoms with E-state index in [1.54, 1.807) is 0 Å². The number of aliphatic hydroxyl groups excluding tert-OH is 2. The van der Waals surface area contributed by atoms with Crippen molar-refractivity contribution in [1.82, 2.24) is 5.32 Å². The second kappa shape index (κ2) is 45.5. The molecule has 0 bridgehead atoms. The number of carbonyl (C=O) groups is 1. The number of phosphoric acid groups is 1. The van der Waals surface area contributed by atoms with Crippen LogP contribution in [0.5, 0.6) is 0 Å². The maximum atomic E-state index is 13.0. The fourth-order valence-corrected chi connectivity index (χ4v) is 8.74. The van der Waals surface area contributed by atoms with E-state index >= 15 is 0 Å². The fourth-order valence-electron chi connectivity index (χ4n) is 8.01. The second-order valence-electron chi connectivity index (χ2n) is 19.7. The maximum absolute atomic E-state index is 13.0. The molecule has 0 spiro atoms. The van der Waals surface area contributed by atoms with Gasteiger partial charge in [-0.15, -0.1) is 0 Å². The normalized spacial score (nSPS) is 14.8. The maximum Gasteiger partial charge on any atom is 0.472 e. The van der Waals surface area contributed by atoms with Crippen LogP contribution in [0, 0.1) is 0 Å². The third-order valence-corrected chi connectivity index (χ3v) is 13.3. The molecule has 0 aliphatic rings. The van der Waals surface area contributed by atoms with Crippen molar-refractivity contribution < 1.29 is 38.0 Å². The Hall–Kier alpha value is -1.32. The van der Waals surface area contributed by atoms with Crippen LogP contribution >= 0.6 is 7.82 Å². The lowest BCUT2D eigenvalue weighted by Crippen LogP contribution is -2.51. The van der Waals surface area contributed by atoms with Crippen molar-refractivity contribution in [2.45, 2.75) is 263 Å². The Morgan fingerprint density at radius 3 is 1.33 bits per heavy atom. The lowest BCUT2D eigenvalue weighted by Gasteiger charge is -2.28. The number of phosphoric ester groups is 1. The van der Waals surface area contributed by atoms with Gasteiger partial charge >= 0.3 is 7.82 Å². The molecule has 0 aromatic carbocycles. The van der Waals surface area contributed by atoms with Crippen molar-refractivity contribution in [3.8, 4) is 0 Å². The summed E-state index contributed by atoms with van der Waals surface area (Å²) in [5, 5.41) is 24.7. The lowest BCUT2D eigenvalue weighted by molar-refractivity contribution is -0.870. The van der Waals surface area contributed by atoms with E-state index in [4.69, 9.17) is 9.05 Å². The predicted octanol–water partition coefficient (Wildman–Crippen LogP) is 14.8. The summed E-state index contributed by atoms with van der Waals surface area (Å²) in [4.78, 5) is 23.3. The first-order valence-corrected chi connectivity index (χ1v) is 28.4. The molecular formula is C54H106N2O7P+. The molecule has 9 nitrogen and oxygen atoms in total. The smallest absolute Gasteiger partial charge is 0.390 e. The molecule has 0 fully saturated rings. The van der Waals surface area contributed by atoms with Crippen molar-refractivity contribution >= 4 is 13.7 Å². The highest BCUT2D eigenvalue weighted by Gasteiger charge is 2.31. The van der Waals surface area contributed by atoms with E-state index in [1.807, 2.05) is 28.1 Å². The molecule has 0 aliphatic heterocycles. The zero-order valence-electron chi connectivity index (χ0n) is 42.6. The minimum Gasteiger partial charge on any atom is -0.390 e. The van der Waals surface area contributed by atoms with Gasteiger partial charge in [0.1, 0.15) is 19.3 Å². The Morgan fingerprint density at radius 1 is 0.562 bits per heavy atom. The van der Waals surface area contributed by atoms with Gasteiger partial charge in [0.2, 0.25) is 5.91 Å². The van der Waals surface area contributed by atoms with Crippen LogP contribution in [0.3, 0.4) is 0 Å². The molecule has 0 saturated carbocycles. The van der Waals surface area contributed by atoms with Gasteiger partial charge in [0.05, 0.1) is 39.9 Å². The van der Waals surface area contributed by atoms with Crippen LogP contribution in [0.25, 0.3) is 0 Å². The summed E-state index contributed by atoms with van der Waals surface area (Å²) in [6, 6.07) is -1.06. The average molecular weight is 926 g/mol. The third kappa shape index (κ3) is 45.8. The summed E-state index contributed by atoms with van der Waals surface area (Å²) in [7, 11) is 1.41. The molecule has 4 N–H and O–H groups in total. The number of likely N-dealkylation sites (N-methyl/N-ethyl adjacent to an activating group) is 1. The highest BCUT2D eigenvalue weighted by Crippen LogP contribution is 2.43. The average Bonchev–Trinajstić information content (AvgIpc) is 3.25. The summed E-state index contributed by atoms with van der Waals surface area (Å²) in [5.41, 5.74) is 0. The van der Waals surface area contributed by atoms with Gasteiger partial charge in [-0.2, -0.15) is 0 Å². The van der Waals surface area contributed by atoms with E-state index in [0.29, 0.717) is 23.9 Å². The highest BCUT2D eigenvalue weighted by molar-refractivity contribution is 7.47. The van der Waals surface area contributed by atoms with E-state index in [1.165, 1.54) is 161 Å². The Balaban J connectivity index is 4.17. The molecule has 0 aliphatic carbocycles. The van der Waals surface area contributed by atoms with Gasteiger partial charge in [0, 0.05) is 6.42 Å². The Kier molecular flexibility index (Phi) is 44.5. The van der Waals surface area contributed by atoms with Crippen LogP contribution in [0.4, 0.5) is 0 Å². The van der Waals surface area contributed by atoms with Gasteiger partial charge in [-0.1, -0.05) is 217 Å². The quantitative estimate of drug-likeness (QED) is 0.0207. The fraction of sp³-hybridized carbons (Fsp3) is 0.870. The molecule has 1 amide bonds. The standard InChI is InChI=1S/C54H105N2O7P/c1-6-8-10-12-14-16-18-20-21-22-23-24-25-26-27-28-29-30-31-32-33-34-35-37-39-41-43-45-47-53(58)55-51(50-63-64(60,61)62-49-48-56(3,4)5)54(59)52(57)46-44-42-40-38-36-19-17-15-13-11-9-7-2/h7,9,15,17,38,40,51-52,54,57,59H,6,8,10-14,16,18-37,39,41-50H2,1-5H3,(H-,55,58,60,61)/p+1/b9-7+,17-15+,40-38+. The molecule has 0 rings (SSSR count). The summed E-state index contributed by atoms with van der Waals surface area (Å²) in [6.45, 7) is 4.38. The van der Waals surface area contributed by atoms with Gasteiger partial charge < -0.3 is 24.9 Å². The number of rotatable bonds is 49. The third-order valence-electron chi connectivity index (χ3n) is 12.3. The molecule has 64 heavy (non-hydrogen) atoms. The van der Waals surface area contributed by atoms with Crippen LogP contribution in [0.1, 0.15) is 245 Å². The Morgan fingerprint density at radius 2 is 0.938 bits per heavy atom. The molecular weight excluding hydrogens is 820 g/mol. The SMILES string of the molecule is C/C=C/CC/C=C/CC/C=C/CCCC(O)C(O)C(COP(=O)(O)OCC[N+](C)(C)C)NC(=O)CCCCCCCCCCCCCCCCCCCCCCCCCCCCCC. The molecule has 4 unspecified atom stereocenters. The molecule has 378 valence electrons. The van der Waals surface area contributed by atoms with Crippen molar-refractivity contribution in [3.05, 3.63) is 36.5 Å². The number of nitrogens with zero attached hydrogens (tertiary/aromatic N) is 1. The number of nitrogens with one attached hydrogen (secondary N) is 1. The summed E-state index contributed by atoms with van der Waals surface area (Å²) < 4.78 is 23.5. The van der Waals surface area contributed by atoms with Crippen LogP contribution in [-0.4, -0.2) is 84.6 Å². The number of carbonyl (C=O) groups excluding carboxylic acids is 1. The molecule has 4 atom stereocenters. The van der Waals surface area contributed by atoms with Crippen molar-refractivity contribution in [2.24, 2.45) is 0 Å². The molecule has 0 radical (unpaired) electrons.